The molecule has 1 aromatic carbocycles. The van der Waals surface area contributed by atoms with Gasteiger partial charge >= 0.3 is 0 Å². The number of methoxy groups -OCH3 is 1. The third kappa shape index (κ3) is 2.61. The van der Waals surface area contributed by atoms with E-state index in [1.54, 1.807) is 18.9 Å². The van der Waals surface area contributed by atoms with E-state index in [2.05, 4.69) is 18.4 Å². The summed E-state index contributed by atoms with van der Waals surface area (Å²) in [5.74, 6) is 0.937. The van der Waals surface area contributed by atoms with Crippen molar-refractivity contribution in [1.82, 2.24) is 0 Å². The predicted molar refractivity (Wildman–Crippen MR) is 73.7 cm³/mol. The molecule has 0 bridgehead atoms. The van der Waals surface area contributed by atoms with Crippen molar-refractivity contribution in [2.24, 2.45) is 5.73 Å². The van der Waals surface area contributed by atoms with E-state index in [4.69, 9.17) is 10.5 Å². The lowest BCUT2D eigenvalue weighted by Gasteiger charge is -2.35. The van der Waals surface area contributed by atoms with Crippen LogP contribution in [0, 0.1) is 0 Å². The lowest BCUT2D eigenvalue weighted by atomic mass is 9.77. The lowest BCUT2D eigenvalue weighted by molar-refractivity contribution is 0.288. The number of nitrogens with two attached hydrogens (primary N) is 1. The molecular formula is C14H21NOS. The Morgan fingerprint density at radius 1 is 1.24 bits per heavy atom. The van der Waals surface area contributed by atoms with Crippen LogP contribution < -0.4 is 10.5 Å². The summed E-state index contributed by atoms with van der Waals surface area (Å²) >= 11 is 1.75. The standard InChI is InChI=1S/C14H21NOS/c1-16-13-7-6-11(17-2)10-12(13)14(15)8-4-3-5-9-14/h6-7,10H,3-5,8-9,15H2,1-2H3. The summed E-state index contributed by atoms with van der Waals surface area (Å²) in [7, 11) is 1.73. The van der Waals surface area contributed by atoms with Crippen LogP contribution in [0.4, 0.5) is 0 Å². The molecule has 1 saturated carbocycles. The topological polar surface area (TPSA) is 35.2 Å². The van der Waals surface area contributed by atoms with Crippen molar-refractivity contribution >= 4 is 11.8 Å². The Hall–Kier alpha value is -0.670. The molecule has 0 amide bonds. The zero-order chi connectivity index (χ0) is 12.3. The van der Waals surface area contributed by atoms with Gasteiger partial charge in [-0.2, -0.15) is 0 Å². The SMILES string of the molecule is COc1ccc(SC)cc1C1(N)CCCCC1. The molecule has 1 fully saturated rings. The maximum absolute atomic E-state index is 6.59. The fraction of sp³-hybridized carbons (Fsp3) is 0.571. The van der Waals surface area contributed by atoms with Crippen molar-refractivity contribution in [1.29, 1.82) is 0 Å². The minimum atomic E-state index is -0.185. The van der Waals surface area contributed by atoms with Gasteiger partial charge in [0.25, 0.3) is 0 Å². The zero-order valence-corrected chi connectivity index (χ0v) is 11.5. The predicted octanol–water partition coefficient (Wildman–Crippen LogP) is 3.54. The smallest absolute Gasteiger partial charge is 0.123 e. The molecule has 0 heterocycles. The average Bonchev–Trinajstić information content (AvgIpc) is 2.39. The van der Waals surface area contributed by atoms with Crippen molar-refractivity contribution < 1.29 is 4.74 Å². The summed E-state index contributed by atoms with van der Waals surface area (Å²) in [6, 6.07) is 6.35. The van der Waals surface area contributed by atoms with Crippen LogP contribution in [0.5, 0.6) is 5.75 Å². The monoisotopic (exact) mass is 251 g/mol. The number of rotatable bonds is 3. The van der Waals surface area contributed by atoms with Gasteiger partial charge in [0.15, 0.2) is 0 Å². The Balaban J connectivity index is 2.40. The van der Waals surface area contributed by atoms with Gasteiger partial charge in [0.1, 0.15) is 5.75 Å². The molecule has 2 rings (SSSR count). The minimum Gasteiger partial charge on any atom is -0.496 e. The van der Waals surface area contributed by atoms with E-state index < -0.39 is 0 Å². The van der Waals surface area contributed by atoms with E-state index in [1.807, 2.05) is 6.07 Å². The Bertz CT molecular complexity index is 386. The van der Waals surface area contributed by atoms with Crippen LogP contribution in [0.15, 0.2) is 23.1 Å². The largest absolute Gasteiger partial charge is 0.496 e. The third-order valence-corrected chi connectivity index (χ3v) is 4.41. The van der Waals surface area contributed by atoms with Gasteiger partial charge in [-0.3, -0.25) is 0 Å². The molecule has 1 aromatic rings. The molecule has 17 heavy (non-hydrogen) atoms. The molecule has 0 radical (unpaired) electrons. The summed E-state index contributed by atoms with van der Waals surface area (Å²) in [5, 5.41) is 0. The first-order valence-corrected chi connectivity index (χ1v) is 7.43. The average molecular weight is 251 g/mol. The fourth-order valence-electron chi connectivity index (χ4n) is 2.66. The first kappa shape index (κ1) is 12.8. The highest BCUT2D eigenvalue weighted by Gasteiger charge is 2.32. The molecular weight excluding hydrogens is 230 g/mol. The van der Waals surface area contributed by atoms with Crippen LogP contribution in [0.3, 0.4) is 0 Å². The van der Waals surface area contributed by atoms with Gasteiger partial charge in [-0.1, -0.05) is 19.3 Å². The van der Waals surface area contributed by atoms with Crippen LogP contribution in [0.2, 0.25) is 0 Å². The van der Waals surface area contributed by atoms with Crippen LogP contribution in [0.25, 0.3) is 0 Å². The maximum atomic E-state index is 6.59. The van der Waals surface area contributed by atoms with Gasteiger partial charge in [-0.15, -0.1) is 11.8 Å². The molecule has 1 aliphatic rings. The molecule has 0 atom stereocenters. The highest BCUT2D eigenvalue weighted by atomic mass is 32.2. The fourth-order valence-corrected chi connectivity index (χ4v) is 3.09. The van der Waals surface area contributed by atoms with E-state index in [0.717, 1.165) is 18.6 Å². The summed E-state index contributed by atoms with van der Waals surface area (Å²) in [6.45, 7) is 0. The van der Waals surface area contributed by atoms with Crippen molar-refractivity contribution in [2.45, 2.75) is 42.5 Å². The normalized spacial score (nSPS) is 19.0. The molecule has 0 spiro atoms. The van der Waals surface area contributed by atoms with Crippen LogP contribution in [0.1, 0.15) is 37.7 Å². The quantitative estimate of drug-likeness (QED) is 0.835. The highest BCUT2D eigenvalue weighted by molar-refractivity contribution is 7.98. The second-order valence-corrected chi connectivity index (χ2v) is 5.66. The van der Waals surface area contributed by atoms with Gasteiger partial charge in [0.05, 0.1) is 7.11 Å². The highest BCUT2D eigenvalue weighted by Crippen LogP contribution is 2.40. The van der Waals surface area contributed by atoms with E-state index in [1.165, 1.54) is 29.7 Å². The number of benzene rings is 1. The van der Waals surface area contributed by atoms with Crippen molar-refractivity contribution in [3.63, 3.8) is 0 Å². The molecule has 3 heteroatoms. The zero-order valence-electron chi connectivity index (χ0n) is 10.7. The van der Waals surface area contributed by atoms with E-state index in [9.17, 15) is 0 Å². The number of thioether (sulfide) groups is 1. The summed E-state index contributed by atoms with van der Waals surface area (Å²) in [4.78, 5) is 1.26. The molecule has 0 saturated heterocycles. The second-order valence-electron chi connectivity index (χ2n) is 4.78. The molecule has 0 unspecified atom stereocenters. The second kappa shape index (κ2) is 5.32. The van der Waals surface area contributed by atoms with Gasteiger partial charge < -0.3 is 10.5 Å². The first-order chi connectivity index (χ1) is 8.19. The van der Waals surface area contributed by atoms with E-state index >= 15 is 0 Å². The molecule has 0 aliphatic heterocycles. The van der Waals surface area contributed by atoms with E-state index in [0.29, 0.717) is 0 Å². The summed E-state index contributed by atoms with van der Waals surface area (Å²) in [6.07, 6.45) is 7.99. The molecule has 1 aliphatic carbocycles. The minimum absolute atomic E-state index is 0.185. The molecule has 2 nitrogen and oxygen atoms in total. The molecule has 2 N–H and O–H groups in total. The molecule has 0 aromatic heterocycles. The van der Waals surface area contributed by atoms with Crippen LogP contribution >= 0.6 is 11.8 Å². The lowest BCUT2D eigenvalue weighted by Crippen LogP contribution is -2.38. The summed E-state index contributed by atoms with van der Waals surface area (Å²) < 4.78 is 5.47. The van der Waals surface area contributed by atoms with Crippen molar-refractivity contribution in [3.8, 4) is 5.75 Å². The Morgan fingerprint density at radius 2 is 1.94 bits per heavy atom. The van der Waals surface area contributed by atoms with Gasteiger partial charge in [-0.05, 0) is 37.3 Å². The summed E-state index contributed by atoms with van der Waals surface area (Å²) in [5.41, 5.74) is 7.59. The Morgan fingerprint density at radius 3 is 2.53 bits per heavy atom. The van der Waals surface area contributed by atoms with E-state index in [-0.39, 0.29) is 5.54 Å². The maximum Gasteiger partial charge on any atom is 0.123 e. The van der Waals surface area contributed by atoms with Crippen molar-refractivity contribution in [3.05, 3.63) is 23.8 Å². The number of hydrogen-bond acceptors (Lipinski definition) is 3. The number of ether oxygens (including phenoxy) is 1. The number of hydrogen-bond donors (Lipinski definition) is 1. The Kier molecular flexibility index (Phi) is 4.00. The first-order valence-electron chi connectivity index (χ1n) is 6.21. The molecule has 94 valence electrons. The van der Waals surface area contributed by atoms with Gasteiger partial charge in [0, 0.05) is 16.0 Å². The van der Waals surface area contributed by atoms with Crippen LogP contribution in [-0.4, -0.2) is 13.4 Å². The van der Waals surface area contributed by atoms with Gasteiger partial charge in [-0.25, -0.2) is 0 Å². The third-order valence-electron chi connectivity index (χ3n) is 3.69. The van der Waals surface area contributed by atoms with Crippen LogP contribution in [-0.2, 0) is 5.54 Å². The van der Waals surface area contributed by atoms with Crippen molar-refractivity contribution in [2.75, 3.05) is 13.4 Å². The van der Waals surface area contributed by atoms with Gasteiger partial charge in [0.2, 0.25) is 0 Å². The Labute approximate surface area is 108 Å².